The normalized spacial score (nSPS) is 10.6. The lowest BCUT2D eigenvalue weighted by Crippen LogP contribution is -2.38. The summed E-state index contributed by atoms with van der Waals surface area (Å²) in [7, 11) is 0. The van der Waals surface area contributed by atoms with E-state index < -0.39 is 11.8 Å². The maximum Gasteiger partial charge on any atom is 0.329 e. The molecule has 2 amide bonds. The van der Waals surface area contributed by atoms with Crippen LogP contribution in [0.5, 0.6) is 5.75 Å². The van der Waals surface area contributed by atoms with Crippen molar-refractivity contribution in [1.29, 1.82) is 0 Å². The fourth-order valence-corrected chi connectivity index (χ4v) is 2.88. The average Bonchev–Trinajstić information content (AvgIpc) is 2.80. The van der Waals surface area contributed by atoms with Crippen LogP contribution < -0.4 is 15.5 Å². The highest BCUT2D eigenvalue weighted by Crippen LogP contribution is 2.18. The molecule has 0 saturated carbocycles. The van der Waals surface area contributed by atoms with Crippen LogP contribution in [0.2, 0.25) is 5.02 Å². The summed E-state index contributed by atoms with van der Waals surface area (Å²) in [5.41, 5.74) is 4.95. The summed E-state index contributed by atoms with van der Waals surface area (Å²) in [4.78, 5) is 23.6. The summed E-state index contributed by atoms with van der Waals surface area (Å²) in [6, 6.07) is 24.4. The second-order valence-electron chi connectivity index (χ2n) is 6.64. The smallest absolute Gasteiger partial charge is 0.329 e. The molecule has 0 aliphatic carbocycles. The van der Waals surface area contributed by atoms with Gasteiger partial charge in [0, 0.05) is 17.1 Å². The summed E-state index contributed by atoms with van der Waals surface area (Å²) in [6.45, 7) is 0.734. The quantitative estimate of drug-likeness (QED) is 0.321. The molecule has 0 aliphatic heterocycles. The first-order valence-electron chi connectivity index (χ1n) is 9.73. The lowest BCUT2D eigenvalue weighted by Gasteiger charge is -2.07. The van der Waals surface area contributed by atoms with Crippen LogP contribution in [-0.2, 0) is 22.6 Å². The Morgan fingerprint density at radius 3 is 2.35 bits per heavy atom. The van der Waals surface area contributed by atoms with Crippen molar-refractivity contribution in [3.8, 4) is 5.75 Å². The van der Waals surface area contributed by atoms with E-state index in [0.29, 0.717) is 30.3 Å². The van der Waals surface area contributed by atoms with Gasteiger partial charge in [0.15, 0.2) is 0 Å². The molecule has 0 radical (unpaired) electrons. The number of hydrogen-bond acceptors (Lipinski definition) is 4. The van der Waals surface area contributed by atoms with Gasteiger partial charge in [0.1, 0.15) is 12.4 Å². The Labute approximate surface area is 185 Å². The molecule has 0 aliphatic rings. The Morgan fingerprint density at radius 1 is 0.903 bits per heavy atom. The third-order valence-electron chi connectivity index (χ3n) is 4.36. The lowest BCUT2D eigenvalue weighted by atomic mass is 10.1. The van der Waals surface area contributed by atoms with E-state index in [1.807, 2.05) is 54.6 Å². The number of benzene rings is 3. The minimum absolute atomic E-state index is 0.364. The molecule has 0 unspecified atom stereocenters. The monoisotopic (exact) mass is 435 g/mol. The van der Waals surface area contributed by atoms with E-state index in [0.717, 1.165) is 16.7 Å². The van der Waals surface area contributed by atoms with Crippen LogP contribution in [0.3, 0.4) is 0 Å². The van der Waals surface area contributed by atoms with Crippen LogP contribution >= 0.6 is 11.6 Å². The fourth-order valence-electron chi connectivity index (χ4n) is 2.69. The van der Waals surface area contributed by atoms with Crippen molar-refractivity contribution in [3.63, 3.8) is 0 Å². The van der Waals surface area contributed by atoms with Gasteiger partial charge in [-0.3, -0.25) is 9.59 Å². The van der Waals surface area contributed by atoms with E-state index in [9.17, 15) is 9.59 Å². The Balaban J connectivity index is 1.40. The van der Waals surface area contributed by atoms with Crippen LogP contribution in [0.1, 0.15) is 16.7 Å². The molecule has 0 fully saturated rings. The van der Waals surface area contributed by atoms with Gasteiger partial charge < -0.3 is 10.1 Å². The molecule has 31 heavy (non-hydrogen) atoms. The van der Waals surface area contributed by atoms with Crippen LogP contribution in [0.4, 0.5) is 0 Å². The summed E-state index contributed by atoms with van der Waals surface area (Å²) in [5.74, 6) is -0.862. The van der Waals surface area contributed by atoms with Crippen molar-refractivity contribution in [3.05, 3.63) is 101 Å². The van der Waals surface area contributed by atoms with Gasteiger partial charge in [-0.05, 0) is 47.9 Å². The van der Waals surface area contributed by atoms with Gasteiger partial charge in [0.25, 0.3) is 0 Å². The fraction of sp³-hybridized carbons (Fsp3) is 0.125. The first-order chi connectivity index (χ1) is 15.1. The van der Waals surface area contributed by atoms with Gasteiger partial charge in [0.05, 0.1) is 6.21 Å². The van der Waals surface area contributed by atoms with Crippen molar-refractivity contribution < 1.29 is 14.3 Å². The minimum atomic E-state index is -0.816. The third kappa shape index (κ3) is 7.28. The van der Waals surface area contributed by atoms with E-state index in [1.165, 1.54) is 6.21 Å². The molecule has 0 heterocycles. The highest BCUT2D eigenvalue weighted by atomic mass is 35.5. The standard InChI is InChI=1S/C24H22ClN3O3/c25-22-9-5-4-8-20(22)17-31-21-12-10-19(11-13-21)16-27-28-24(30)23(29)26-15-14-18-6-2-1-3-7-18/h1-13,16H,14-15,17H2,(H,26,29)(H,28,30)/b27-16+. The summed E-state index contributed by atoms with van der Waals surface area (Å²) >= 11 is 6.12. The van der Waals surface area contributed by atoms with E-state index in [1.54, 1.807) is 24.3 Å². The van der Waals surface area contributed by atoms with Crippen LogP contribution in [0, 0.1) is 0 Å². The van der Waals surface area contributed by atoms with Crippen molar-refractivity contribution in [1.82, 2.24) is 10.7 Å². The molecule has 0 spiro atoms. The van der Waals surface area contributed by atoms with Gasteiger partial charge in [-0.1, -0.05) is 60.1 Å². The Kier molecular flexibility index (Phi) is 8.20. The van der Waals surface area contributed by atoms with Crippen molar-refractivity contribution in [2.75, 3.05) is 6.54 Å². The molecule has 158 valence electrons. The molecule has 0 saturated heterocycles. The SMILES string of the molecule is O=C(NCCc1ccccc1)C(=O)N/N=C/c1ccc(OCc2ccccc2Cl)cc1. The number of nitrogens with one attached hydrogen (secondary N) is 2. The van der Waals surface area contributed by atoms with E-state index >= 15 is 0 Å². The third-order valence-corrected chi connectivity index (χ3v) is 4.73. The lowest BCUT2D eigenvalue weighted by molar-refractivity contribution is -0.139. The number of amides is 2. The molecule has 0 aromatic heterocycles. The highest BCUT2D eigenvalue weighted by Gasteiger charge is 2.11. The maximum absolute atomic E-state index is 11.8. The number of ether oxygens (including phenoxy) is 1. The Bertz CT molecular complexity index is 1040. The van der Waals surface area contributed by atoms with E-state index in [4.69, 9.17) is 16.3 Å². The van der Waals surface area contributed by atoms with Gasteiger partial charge in [-0.25, -0.2) is 5.43 Å². The number of carbonyl (C=O) groups is 2. The van der Waals surface area contributed by atoms with Gasteiger partial charge in [-0.15, -0.1) is 0 Å². The highest BCUT2D eigenvalue weighted by molar-refractivity contribution is 6.35. The van der Waals surface area contributed by atoms with E-state index in [-0.39, 0.29) is 0 Å². The Morgan fingerprint density at radius 2 is 1.61 bits per heavy atom. The molecule has 2 N–H and O–H groups in total. The molecule has 3 aromatic carbocycles. The number of hydrogen-bond donors (Lipinski definition) is 2. The number of hydrazone groups is 1. The first-order valence-corrected chi connectivity index (χ1v) is 10.1. The maximum atomic E-state index is 11.8. The largest absolute Gasteiger partial charge is 0.489 e. The molecule has 3 aromatic rings. The molecule has 0 bridgehead atoms. The van der Waals surface area contributed by atoms with Gasteiger partial charge >= 0.3 is 11.8 Å². The van der Waals surface area contributed by atoms with Crippen molar-refractivity contribution in [2.45, 2.75) is 13.0 Å². The zero-order chi connectivity index (χ0) is 21.9. The van der Waals surface area contributed by atoms with E-state index in [2.05, 4.69) is 15.8 Å². The molecule has 7 heteroatoms. The Hall–Kier alpha value is -3.64. The summed E-state index contributed by atoms with van der Waals surface area (Å²) in [5, 5.41) is 7.05. The summed E-state index contributed by atoms with van der Waals surface area (Å²) < 4.78 is 5.72. The summed E-state index contributed by atoms with van der Waals surface area (Å²) in [6.07, 6.45) is 2.10. The van der Waals surface area contributed by atoms with Crippen molar-refractivity contribution >= 4 is 29.6 Å². The molecule has 0 atom stereocenters. The van der Waals surface area contributed by atoms with Gasteiger partial charge in [0.2, 0.25) is 0 Å². The first kappa shape index (κ1) is 22.1. The number of halogens is 1. The predicted molar refractivity (Wildman–Crippen MR) is 121 cm³/mol. The minimum Gasteiger partial charge on any atom is -0.489 e. The predicted octanol–water partition coefficient (Wildman–Crippen LogP) is 3.73. The zero-order valence-corrected chi connectivity index (χ0v) is 17.5. The molecular formula is C24H22ClN3O3. The second-order valence-corrected chi connectivity index (χ2v) is 7.05. The average molecular weight is 436 g/mol. The number of nitrogens with zero attached hydrogens (tertiary/aromatic N) is 1. The molecule has 6 nitrogen and oxygen atoms in total. The second kappa shape index (κ2) is 11.5. The van der Waals surface area contributed by atoms with Crippen molar-refractivity contribution in [2.24, 2.45) is 5.10 Å². The number of carbonyl (C=O) groups excluding carboxylic acids is 2. The molecular weight excluding hydrogens is 414 g/mol. The number of rotatable bonds is 8. The molecule has 3 rings (SSSR count). The topological polar surface area (TPSA) is 79.8 Å². The van der Waals surface area contributed by atoms with Crippen LogP contribution in [0.15, 0.2) is 84.0 Å². The van der Waals surface area contributed by atoms with Crippen LogP contribution in [-0.4, -0.2) is 24.6 Å². The zero-order valence-electron chi connectivity index (χ0n) is 16.8. The van der Waals surface area contributed by atoms with Crippen LogP contribution in [0.25, 0.3) is 0 Å². The van der Waals surface area contributed by atoms with Gasteiger partial charge in [-0.2, -0.15) is 5.10 Å².